The maximum Gasteiger partial charge on any atom is 0.244 e. The zero-order valence-corrected chi connectivity index (χ0v) is 8.19. The lowest BCUT2D eigenvalue weighted by atomic mass is 9.87. The highest BCUT2D eigenvalue weighted by Crippen LogP contribution is 2.38. The van der Waals surface area contributed by atoms with E-state index in [1.807, 2.05) is 0 Å². The van der Waals surface area contributed by atoms with Crippen LogP contribution in [0.25, 0.3) is 0 Å². The summed E-state index contributed by atoms with van der Waals surface area (Å²) in [4.78, 5) is 11.9. The summed E-state index contributed by atoms with van der Waals surface area (Å²) in [5.41, 5.74) is -0.349. The summed E-state index contributed by atoms with van der Waals surface area (Å²) in [5.74, 6) is -0.245. The molecule has 0 radical (unpaired) electrons. The van der Waals surface area contributed by atoms with Gasteiger partial charge >= 0.3 is 0 Å². The van der Waals surface area contributed by atoms with Gasteiger partial charge in [-0.15, -0.1) is 0 Å². The molecule has 0 aliphatic heterocycles. The molecule has 1 N–H and O–H groups in total. The van der Waals surface area contributed by atoms with Gasteiger partial charge in [0.1, 0.15) is 17.4 Å². The lowest BCUT2D eigenvalue weighted by Crippen LogP contribution is -2.32. The van der Waals surface area contributed by atoms with Crippen molar-refractivity contribution in [1.29, 1.82) is 5.26 Å². The van der Waals surface area contributed by atoms with Crippen molar-refractivity contribution < 1.29 is 9.32 Å². The van der Waals surface area contributed by atoms with Gasteiger partial charge in [-0.2, -0.15) is 5.26 Å². The van der Waals surface area contributed by atoms with Crippen LogP contribution in [0, 0.1) is 16.7 Å². The quantitative estimate of drug-likeness (QED) is 0.796. The van der Waals surface area contributed by atoms with E-state index >= 15 is 0 Å². The molecule has 15 heavy (non-hydrogen) atoms. The first kappa shape index (κ1) is 9.71. The minimum Gasteiger partial charge on any atom is -0.363 e. The Balaban J connectivity index is 2.10. The van der Waals surface area contributed by atoms with Gasteiger partial charge in [-0.3, -0.25) is 4.79 Å². The molecule has 5 nitrogen and oxygen atoms in total. The summed E-state index contributed by atoms with van der Waals surface area (Å²) in [5, 5.41) is 15.2. The fourth-order valence-corrected chi connectivity index (χ4v) is 1.89. The van der Waals surface area contributed by atoms with Crippen LogP contribution in [0.4, 0.5) is 5.69 Å². The third-order valence-electron chi connectivity index (χ3n) is 2.80. The molecule has 1 aliphatic rings. The van der Waals surface area contributed by atoms with Gasteiger partial charge in [-0.05, 0) is 12.8 Å². The number of carbonyl (C=O) groups excluding carboxylic acids is 1. The van der Waals surface area contributed by atoms with E-state index < -0.39 is 5.41 Å². The van der Waals surface area contributed by atoms with Crippen LogP contribution in [0.1, 0.15) is 25.7 Å². The van der Waals surface area contributed by atoms with Crippen molar-refractivity contribution in [2.45, 2.75) is 25.7 Å². The van der Waals surface area contributed by atoms with Gasteiger partial charge < -0.3 is 9.84 Å². The molecule has 0 unspecified atom stereocenters. The van der Waals surface area contributed by atoms with Crippen molar-refractivity contribution >= 4 is 11.6 Å². The monoisotopic (exact) mass is 205 g/mol. The Labute approximate surface area is 87.0 Å². The van der Waals surface area contributed by atoms with Crippen molar-refractivity contribution in [3.8, 4) is 6.07 Å². The third kappa shape index (κ3) is 1.71. The number of carbonyl (C=O) groups is 1. The maximum atomic E-state index is 11.9. The van der Waals surface area contributed by atoms with Crippen LogP contribution >= 0.6 is 0 Å². The molecule has 0 saturated heterocycles. The lowest BCUT2D eigenvalue weighted by molar-refractivity contribution is -0.122. The van der Waals surface area contributed by atoms with Crippen molar-refractivity contribution in [3.63, 3.8) is 0 Å². The van der Waals surface area contributed by atoms with Crippen molar-refractivity contribution in [3.05, 3.63) is 12.5 Å². The smallest absolute Gasteiger partial charge is 0.244 e. The van der Waals surface area contributed by atoms with E-state index in [0.717, 1.165) is 12.8 Å². The van der Waals surface area contributed by atoms with Crippen LogP contribution in [0.3, 0.4) is 0 Å². The zero-order chi connectivity index (χ0) is 10.7. The van der Waals surface area contributed by atoms with Crippen LogP contribution in [-0.4, -0.2) is 11.1 Å². The van der Waals surface area contributed by atoms with Crippen molar-refractivity contribution in [2.24, 2.45) is 5.41 Å². The number of aromatic nitrogens is 1. The van der Waals surface area contributed by atoms with Crippen LogP contribution < -0.4 is 5.32 Å². The van der Waals surface area contributed by atoms with Gasteiger partial charge in [0, 0.05) is 0 Å². The standard InChI is InChI=1S/C10H11N3O2/c11-7-10(3-1-2-4-10)9(14)13-8-5-12-15-6-8/h5-6H,1-4H2,(H,13,14). The minimum absolute atomic E-state index is 0.245. The minimum atomic E-state index is -0.850. The van der Waals surface area contributed by atoms with Gasteiger partial charge in [0.15, 0.2) is 0 Å². The average molecular weight is 205 g/mol. The van der Waals surface area contributed by atoms with E-state index in [-0.39, 0.29) is 5.91 Å². The van der Waals surface area contributed by atoms with Gasteiger partial charge in [-0.1, -0.05) is 18.0 Å². The van der Waals surface area contributed by atoms with E-state index in [9.17, 15) is 4.79 Å². The molecule has 0 spiro atoms. The Morgan fingerprint density at radius 2 is 2.33 bits per heavy atom. The molecule has 0 aromatic carbocycles. The third-order valence-corrected chi connectivity index (χ3v) is 2.80. The molecule has 1 aromatic heterocycles. The number of nitrogens with one attached hydrogen (secondary N) is 1. The fraction of sp³-hybridized carbons (Fsp3) is 0.500. The Kier molecular flexibility index (Phi) is 2.42. The normalized spacial score (nSPS) is 18.3. The highest BCUT2D eigenvalue weighted by molar-refractivity contribution is 5.97. The summed E-state index contributed by atoms with van der Waals surface area (Å²) < 4.78 is 4.60. The van der Waals surface area contributed by atoms with Gasteiger partial charge in [-0.25, -0.2) is 0 Å². The molecule has 1 fully saturated rings. The molecule has 1 heterocycles. The Hall–Kier alpha value is -1.83. The topological polar surface area (TPSA) is 78.9 Å². The fourth-order valence-electron chi connectivity index (χ4n) is 1.89. The molecule has 1 saturated carbocycles. The summed E-state index contributed by atoms with van der Waals surface area (Å²) in [6.07, 6.45) is 5.91. The van der Waals surface area contributed by atoms with Crippen LogP contribution in [-0.2, 0) is 4.79 Å². The lowest BCUT2D eigenvalue weighted by Gasteiger charge is -2.17. The van der Waals surface area contributed by atoms with Crippen LogP contribution in [0.2, 0.25) is 0 Å². The molecular weight excluding hydrogens is 194 g/mol. The Morgan fingerprint density at radius 1 is 1.60 bits per heavy atom. The number of nitrogens with zero attached hydrogens (tertiary/aromatic N) is 2. The van der Waals surface area contributed by atoms with E-state index in [4.69, 9.17) is 5.26 Å². The Morgan fingerprint density at radius 3 is 2.87 bits per heavy atom. The predicted octanol–water partition coefficient (Wildman–Crippen LogP) is 1.70. The first-order valence-corrected chi connectivity index (χ1v) is 4.89. The van der Waals surface area contributed by atoms with E-state index in [1.165, 1.54) is 12.5 Å². The molecule has 1 amide bonds. The number of hydrogen-bond acceptors (Lipinski definition) is 4. The molecular formula is C10H11N3O2. The molecule has 0 bridgehead atoms. The van der Waals surface area contributed by atoms with E-state index in [1.54, 1.807) is 0 Å². The molecule has 5 heteroatoms. The van der Waals surface area contributed by atoms with Crippen LogP contribution in [0.15, 0.2) is 17.0 Å². The van der Waals surface area contributed by atoms with E-state index in [0.29, 0.717) is 18.5 Å². The van der Waals surface area contributed by atoms with Crippen LogP contribution in [0.5, 0.6) is 0 Å². The van der Waals surface area contributed by atoms with Crippen molar-refractivity contribution in [1.82, 2.24) is 5.16 Å². The second-order valence-electron chi connectivity index (χ2n) is 3.77. The summed E-state index contributed by atoms with van der Waals surface area (Å²) >= 11 is 0. The summed E-state index contributed by atoms with van der Waals surface area (Å²) in [6.45, 7) is 0. The largest absolute Gasteiger partial charge is 0.363 e. The SMILES string of the molecule is N#CC1(C(=O)Nc2cnoc2)CCCC1. The second-order valence-corrected chi connectivity index (χ2v) is 3.77. The maximum absolute atomic E-state index is 11.9. The highest BCUT2D eigenvalue weighted by atomic mass is 16.5. The number of anilines is 1. The Bertz CT molecular complexity index is 385. The van der Waals surface area contributed by atoms with Gasteiger partial charge in [0.2, 0.25) is 5.91 Å². The molecule has 2 rings (SSSR count). The highest BCUT2D eigenvalue weighted by Gasteiger charge is 2.41. The number of rotatable bonds is 2. The molecule has 0 atom stereocenters. The molecule has 78 valence electrons. The van der Waals surface area contributed by atoms with E-state index in [2.05, 4.69) is 21.1 Å². The average Bonchev–Trinajstić information content (AvgIpc) is 2.87. The summed E-state index contributed by atoms with van der Waals surface area (Å²) in [6, 6.07) is 2.13. The first-order chi connectivity index (χ1) is 7.27. The summed E-state index contributed by atoms with van der Waals surface area (Å²) in [7, 11) is 0. The molecule has 1 aromatic rings. The molecule has 1 aliphatic carbocycles. The zero-order valence-electron chi connectivity index (χ0n) is 8.19. The van der Waals surface area contributed by atoms with Gasteiger partial charge in [0.25, 0.3) is 0 Å². The number of amides is 1. The number of nitriles is 1. The van der Waals surface area contributed by atoms with Gasteiger partial charge in [0.05, 0.1) is 12.3 Å². The predicted molar refractivity (Wildman–Crippen MR) is 51.6 cm³/mol. The number of hydrogen-bond donors (Lipinski definition) is 1. The van der Waals surface area contributed by atoms with Crippen molar-refractivity contribution in [2.75, 3.05) is 5.32 Å². The second kappa shape index (κ2) is 3.73. The first-order valence-electron chi connectivity index (χ1n) is 4.89.